The molecule has 1 unspecified atom stereocenters. The maximum atomic E-state index is 13.5. The highest BCUT2D eigenvalue weighted by Crippen LogP contribution is 2.45. The highest BCUT2D eigenvalue weighted by Gasteiger charge is 2.39. The van der Waals surface area contributed by atoms with Crippen molar-refractivity contribution in [2.45, 2.75) is 86.2 Å². The number of aromatic nitrogens is 1. The van der Waals surface area contributed by atoms with Gasteiger partial charge in [0.1, 0.15) is 23.1 Å². The number of amides is 1. The first-order valence-corrected chi connectivity index (χ1v) is 19.1. The number of benzene rings is 2. The number of nitrogens with zero attached hydrogens (tertiary/aromatic N) is 5. The molecule has 9 heteroatoms. The fraction of sp³-hybridized carbons (Fsp3) is 0.523. The number of hydrogen-bond acceptors (Lipinski definition) is 7. The van der Waals surface area contributed by atoms with Crippen molar-refractivity contribution in [3.63, 3.8) is 0 Å². The molecule has 0 saturated carbocycles. The molecule has 1 aromatic heterocycles. The summed E-state index contributed by atoms with van der Waals surface area (Å²) < 4.78 is 13.6. The topological polar surface area (TPSA) is 91.0 Å². The van der Waals surface area contributed by atoms with Gasteiger partial charge in [0.2, 0.25) is 0 Å². The van der Waals surface area contributed by atoms with E-state index in [0.29, 0.717) is 12.0 Å². The molecule has 1 atom stereocenters. The zero-order valence-corrected chi connectivity index (χ0v) is 33.3. The van der Waals surface area contributed by atoms with Gasteiger partial charge in [-0.05, 0) is 117 Å². The number of fused-ring (bicyclic) bond motifs is 1. The molecule has 3 aliphatic heterocycles. The monoisotopic (exact) mass is 719 g/mol. The number of carbonyl (C=O) groups excluding carboxylic acids is 1. The average molecular weight is 720 g/mol. The predicted octanol–water partition coefficient (Wildman–Crippen LogP) is 7.51. The maximum absolute atomic E-state index is 13.5. The van der Waals surface area contributed by atoms with Gasteiger partial charge in [-0.15, -0.1) is 0 Å². The van der Waals surface area contributed by atoms with Crippen LogP contribution in [0.2, 0.25) is 0 Å². The van der Waals surface area contributed by atoms with E-state index in [0.717, 1.165) is 78.5 Å². The maximum Gasteiger partial charge on any atom is 0.264 e. The van der Waals surface area contributed by atoms with Crippen LogP contribution in [0.15, 0.2) is 53.0 Å². The van der Waals surface area contributed by atoms with Crippen molar-refractivity contribution < 1.29 is 14.3 Å². The van der Waals surface area contributed by atoms with Gasteiger partial charge in [-0.1, -0.05) is 39.0 Å². The molecule has 1 amide bonds. The molecular formula is C44H57N5O4. The quantitative estimate of drug-likeness (QED) is 0.185. The van der Waals surface area contributed by atoms with Gasteiger partial charge in [-0.25, -0.2) is 0 Å². The molecule has 1 spiro atoms. The third kappa shape index (κ3) is 7.62. The van der Waals surface area contributed by atoms with Crippen LogP contribution < -0.4 is 19.9 Å². The van der Waals surface area contributed by atoms with Crippen molar-refractivity contribution in [1.29, 1.82) is 5.26 Å². The average Bonchev–Trinajstić information content (AvgIpc) is 3.15. The molecule has 6 rings (SSSR count). The van der Waals surface area contributed by atoms with E-state index in [4.69, 9.17) is 9.47 Å². The molecule has 4 heterocycles. The minimum Gasteiger partial charge on any atom is -0.496 e. The molecule has 3 aromatic rings. The number of piperidine rings is 2. The summed E-state index contributed by atoms with van der Waals surface area (Å²) in [4.78, 5) is 33.0. The van der Waals surface area contributed by atoms with E-state index >= 15 is 0 Å². The Hall–Kier alpha value is -4.55. The fourth-order valence-electron chi connectivity index (χ4n) is 8.85. The Morgan fingerprint density at radius 1 is 0.981 bits per heavy atom. The Kier molecular flexibility index (Phi) is 10.8. The molecule has 0 radical (unpaired) electrons. The smallest absolute Gasteiger partial charge is 0.264 e. The van der Waals surface area contributed by atoms with Crippen molar-refractivity contribution in [2.24, 2.45) is 17.9 Å². The Labute approximate surface area is 315 Å². The van der Waals surface area contributed by atoms with E-state index in [1.54, 1.807) is 31.9 Å². The minimum absolute atomic E-state index is 0.0197. The van der Waals surface area contributed by atoms with Gasteiger partial charge in [0.05, 0.1) is 25.8 Å². The van der Waals surface area contributed by atoms with Crippen molar-refractivity contribution in [2.75, 3.05) is 51.8 Å². The largest absolute Gasteiger partial charge is 0.496 e. The standard InChI is InChI=1S/C44H57N5O4/c1-29-30(2)41(50)46(7)27-36(29)32-23-39(52-8)37(40(24-32)53-9)28-47-19-14-44(15-20-47)16-21-48(22-17-44)38-12-10-11-34-31(3)49(18-13-35(34)38)42(51)33(26-45)25-43(4,5)6/h10-12,23-25,27,31H,13-22,28H2,1-9H3/b33-25-. The molecule has 0 aliphatic carbocycles. The molecule has 3 aliphatic rings. The molecular weight excluding hydrogens is 663 g/mol. The second-order valence-electron chi connectivity index (χ2n) is 16.6. The summed E-state index contributed by atoms with van der Waals surface area (Å²) in [6.07, 6.45) is 9.18. The lowest BCUT2D eigenvalue weighted by molar-refractivity contribution is -0.129. The molecule has 0 bridgehead atoms. The van der Waals surface area contributed by atoms with Gasteiger partial charge in [-0.2, -0.15) is 5.26 Å². The van der Waals surface area contributed by atoms with Crippen LogP contribution in [0.3, 0.4) is 0 Å². The number of carbonyl (C=O) groups is 1. The number of likely N-dealkylation sites (tertiary alicyclic amines) is 1. The third-order valence-corrected chi connectivity index (χ3v) is 12.2. The van der Waals surface area contributed by atoms with E-state index in [2.05, 4.69) is 53.1 Å². The lowest BCUT2D eigenvalue weighted by atomic mass is 9.71. The van der Waals surface area contributed by atoms with Crippen LogP contribution in [-0.4, -0.2) is 67.2 Å². The van der Waals surface area contributed by atoms with Gasteiger partial charge in [0.15, 0.2) is 0 Å². The van der Waals surface area contributed by atoms with Crippen molar-refractivity contribution >= 4 is 11.6 Å². The van der Waals surface area contributed by atoms with E-state index in [-0.39, 0.29) is 28.5 Å². The summed E-state index contributed by atoms with van der Waals surface area (Å²) in [5, 5.41) is 9.79. The van der Waals surface area contributed by atoms with Crippen molar-refractivity contribution in [3.05, 3.63) is 86.3 Å². The van der Waals surface area contributed by atoms with Crippen LogP contribution in [0.4, 0.5) is 5.69 Å². The van der Waals surface area contributed by atoms with Crippen LogP contribution >= 0.6 is 0 Å². The van der Waals surface area contributed by atoms with Gasteiger partial charge in [-0.3, -0.25) is 14.5 Å². The van der Waals surface area contributed by atoms with Crippen molar-refractivity contribution in [3.8, 4) is 28.7 Å². The predicted molar refractivity (Wildman–Crippen MR) is 212 cm³/mol. The Bertz CT molecular complexity index is 1970. The number of anilines is 1. The second kappa shape index (κ2) is 15.1. The van der Waals surface area contributed by atoms with E-state index in [1.165, 1.54) is 42.5 Å². The van der Waals surface area contributed by atoms with E-state index in [1.807, 2.05) is 45.7 Å². The highest BCUT2D eigenvalue weighted by atomic mass is 16.5. The van der Waals surface area contributed by atoms with Crippen LogP contribution in [0.1, 0.15) is 87.2 Å². The van der Waals surface area contributed by atoms with Crippen LogP contribution in [0, 0.1) is 36.0 Å². The normalized spacial score (nSPS) is 19.2. The van der Waals surface area contributed by atoms with Gasteiger partial charge < -0.3 is 23.8 Å². The fourth-order valence-corrected chi connectivity index (χ4v) is 8.85. The lowest BCUT2D eigenvalue weighted by Crippen LogP contribution is -2.47. The van der Waals surface area contributed by atoms with Crippen molar-refractivity contribution in [1.82, 2.24) is 14.4 Å². The first kappa shape index (κ1) is 38.2. The molecule has 9 nitrogen and oxygen atoms in total. The summed E-state index contributed by atoms with van der Waals surface area (Å²) in [6.45, 7) is 17.5. The van der Waals surface area contributed by atoms with Gasteiger partial charge in [0, 0.05) is 56.2 Å². The first-order chi connectivity index (χ1) is 25.2. The first-order valence-electron chi connectivity index (χ1n) is 19.1. The van der Waals surface area contributed by atoms with E-state index < -0.39 is 0 Å². The zero-order valence-electron chi connectivity index (χ0n) is 33.3. The van der Waals surface area contributed by atoms with Gasteiger partial charge in [0.25, 0.3) is 11.5 Å². The molecule has 53 heavy (non-hydrogen) atoms. The number of hydrogen-bond donors (Lipinski definition) is 0. The number of aryl methyl sites for hydroxylation is 1. The highest BCUT2D eigenvalue weighted by molar-refractivity contribution is 5.97. The van der Waals surface area contributed by atoms with Gasteiger partial charge >= 0.3 is 0 Å². The summed E-state index contributed by atoms with van der Waals surface area (Å²) >= 11 is 0. The molecule has 2 aromatic carbocycles. The molecule has 0 N–H and O–H groups in total. The summed E-state index contributed by atoms with van der Waals surface area (Å²) in [5.74, 6) is 1.44. The summed E-state index contributed by atoms with van der Waals surface area (Å²) in [7, 11) is 5.23. The molecule has 2 saturated heterocycles. The number of rotatable bonds is 7. The Morgan fingerprint density at radius 2 is 1.60 bits per heavy atom. The SMILES string of the molecule is COc1cc(-c2cn(C)c(=O)c(C)c2C)cc(OC)c1CN1CCC2(CC1)CCN(c1cccc3c1CCN(C(=O)/C(C#N)=C\C(C)(C)C)C3C)CC2. The summed E-state index contributed by atoms with van der Waals surface area (Å²) in [5.41, 5.74) is 8.97. The third-order valence-electron chi connectivity index (χ3n) is 12.2. The lowest BCUT2D eigenvalue weighted by Gasteiger charge is -2.48. The zero-order chi connectivity index (χ0) is 38.2. The van der Waals surface area contributed by atoms with Crippen LogP contribution in [0.5, 0.6) is 11.5 Å². The number of nitriles is 1. The van der Waals surface area contributed by atoms with Crippen LogP contribution in [-0.2, 0) is 24.8 Å². The second-order valence-corrected chi connectivity index (χ2v) is 16.6. The Morgan fingerprint density at radius 3 is 2.19 bits per heavy atom. The summed E-state index contributed by atoms with van der Waals surface area (Å²) in [6, 6.07) is 12.8. The molecule has 282 valence electrons. The molecule has 2 fully saturated rings. The van der Waals surface area contributed by atoms with E-state index in [9.17, 15) is 14.9 Å². The number of ether oxygens (including phenoxy) is 2. The Balaban J connectivity index is 1.11. The minimum atomic E-state index is -0.243. The number of allylic oxidation sites excluding steroid dienone is 1. The van der Waals surface area contributed by atoms with Crippen LogP contribution in [0.25, 0.3) is 11.1 Å². The number of pyridine rings is 1. The number of methoxy groups -OCH3 is 2.